The first-order valence-corrected chi connectivity index (χ1v) is 7.27. The average molecular weight is 298 g/mol. The SMILES string of the molecule is COc1ccc(N/C=C2/Sc3ccccc3NC2=O)cc1. The first-order valence-electron chi connectivity index (χ1n) is 6.45. The van der Waals surface area contributed by atoms with Gasteiger partial charge in [-0.3, -0.25) is 4.79 Å². The molecule has 4 nitrogen and oxygen atoms in total. The molecule has 0 aromatic heterocycles. The third kappa shape index (κ3) is 3.03. The minimum Gasteiger partial charge on any atom is -0.497 e. The maximum Gasteiger partial charge on any atom is 0.263 e. The van der Waals surface area contributed by atoms with E-state index in [9.17, 15) is 4.79 Å². The summed E-state index contributed by atoms with van der Waals surface area (Å²) in [5.74, 6) is 0.701. The van der Waals surface area contributed by atoms with Crippen LogP contribution >= 0.6 is 11.8 Å². The molecule has 0 saturated heterocycles. The van der Waals surface area contributed by atoms with Crippen LogP contribution in [0.15, 0.2) is 64.5 Å². The second kappa shape index (κ2) is 5.93. The number of methoxy groups -OCH3 is 1. The van der Waals surface area contributed by atoms with E-state index >= 15 is 0 Å². The van der Waals surface area contributed by atoms with Crippen LogP contribution in [0.25, 0.3) is 0 Å². The largest absolute Gasteiger partial charge is 0.497 e. The van der Waals surface area contributed by atoms with Gasteiger partial charge in [-0.2, -0.15) is 0 Å². The number of anilines is 2. The molecule has 2 aromatic carbocycles. The van der Waals surface area contributed by atoms with Crippen molar-refractivity contribution < 1.29 is 9.53 Å². The van der Waals surface area contributed by atoms with Gasteiger partial charge in [-0.25, -0.2) is 0 Å². The summed E-state index contributed by atoms with van der Waals surface area (Å²) in [6, 6.07) is 15.3. The van der Waals surface area contributed by atoms with Gasteiger partial charge >= 0.3 is 0 Å². The normalized spacial score (nSPS) is 15.3. The van der Waals surface area contributed by atoms with Crippen molar-refractivity contribution in [3.8, 4) is 5.75 Å². The molecule has 21 heavy (non-hydrogen) atoms. The van der Waals surface area contributed by atoms with Gasteiger partial charge in [-0.05, 0) is 36.4 Å². The Morgan fingerprint density at radius 2 is 1.90 bits per heavy atom. The highest BCUT2D eigenvalue weighted by atomic mass is 32.2. The average Bonchev–Trinajstić information content (AvgIpc) is 2.53. The summed E-state index contributed by atoms with van der Waals surface area (Å²) >= 11 is 1.45. The highest BCUT2D eigenvalue weighted by Gasteiger charge is 2.20. The monoisotopic (exact) mass is 298 g/mol. The molecule has 5 heteroatoms. The molecule has 0 fully saturated rings. The smallest absolute Gasteiger partial charge is 0.263 e. The van der Waals surface area contributed by atoms with Crippen molar-refractivity contribution in [3.63, 3.8) is 0 Å². The number of amides is 1. The minimum atomic E-state index is -0.0975. The lowest BCUT2D eigenvalue weighted by atomic mass is 10.3. The van der Waals surface area contributed by atoms with E-state index < -0.39 is 0 Å². The predicted molar refractivity (Wildman–Crippen MR) is 85.6 cm³/mol. The van der Waals surface area contributed by atoms with Crippen LogP contribution < -0.4 is 15.4 Å². The third-order valence-corrected chi connectivity index (χ3v) is 4.14. The molecule has 1 aliphatic rings. The van der Waals surface area contributed by atoms with Gasteiger partial charge in [0.2, 0.25) is 0 Å². The number of benzene rings is 2. The number of ether oxygens (including phenoxy) is 1. The number of thioether (sulfide) groups is 1. The lowest BCUT2D eigenvalue weighted by molar-refractivity contribution is -0.112. The molecule has 0 spiro atoms. The second-order valence-corrected chi connectivity index (χ2v) is 5.52. The maximum absolute atomic E-state index is 12.0. The molecule has 0 bridgehead atoms. The van der Waals surface area contributed by atoms with Gasteiger partial charge in [0, 0.05) is 16.8 Å². The van der Waals surface area contributed by atoms with E-state index in [0.29, 0.717) is 4.91 Å². The summed E-state index contributed by atoms with van der Waals surface area (Å²) in [5.41, 5.74) is 1.75. The maximum atomic E-state index is 12.0. The molecule has 1 aliphatic heterocycles. The molecule has 0 saturated carbocycles. The summed E-state index contributed by atoms with van der Waals surface area (Å²) in [6.45, 7) is 0. The van der Waals surface area contributed by atoms with Gasteiger partial charge in [0.1, 0.15) is 5.75 Å². The summed E-state index contributed by atoms with van der Waals surface area (Å²) in [4.78, 5) is 13.7. The van der Waals surface area contributed by atoms with Crippen molar-refractivity contribution in [2.45, 2.75) is 4.90 Å². The molecule has 0 aliphatic carbocycles. The Hall–Kier alpha value is -2.40. The lowest BCUT2D eigenvalue weighted by Gasteiger charge is -2.18. The zero-order valence-corrected chi connectivity index (χ0v) is 12.2. The fourth-order valence-electron chi connectivity index (χ4n) is 1.94. The fraction of sp³-hybridized carbons (Fsp3) is 0.0625. The van der Waals surface area contributed by atoms with E-state index in [1.807, 2.05) is 48.5 Å². The first-order chi connectivity index (χ1) is 10.3. The zero-order chi connectivity index (χ0) is 14.7. The Kier molecular flexibility index (Phi) is 3.83. The van der Waals surface area contributed by atoms with Crippen LogP contribution in [0.3, 0.4) is 0 Å². The van der Waals surface area contributed by atoms with Crippen LogP contribution in [0.4, 0.5) is 11.4 Å². The molecular formula is C16H14N2O2S. The predicted octanol–water partition coefficient (Wildman–Crippen LogP) is 3.69. The van der Waals surface area contributed by atoms with Crippen molar-refractivity contribution in [3.05, 3.63) is 59.6 Å². The van der Waals surface area contributed by atoms with Crippen molar-refractivity contribution in [1.82, 2.24) is 0 Å². The van der Waals surface area contributed by atoms with Crippen LogP contribution in [0.2, 0.25) is 0 Å². The topological polar surface area (TPSA) is 50.4 Å². The third-order valence-electron chi connectivity index (χ3n) is 3.04. The summed E-state index contributed by atoms with van der Waals surface area (Å²) < 4.78 is 5.11. The van der Waals surface area contributed by atoms with Crippen molar-refractivity contribution >= 4 is 29.0 Å². The van der Waals surface area contributed by atoms with E-state index in [4.69, 9.17) is 4.74 Å². The molecule has 0 radical (unpaired) electrons. The number of hydrogen-bond acceptors (Lipinski definition) is 4. The number of nitrogens with one attached hydrogen (secondary N) is 2. The molecule has 0 unspecified atom stereocenters. The minimum absolute atomic E-state index is 0.0975. The molecule has 0 atom stereocenters. The van der Waals surface area contributed by atoms with Crippen molar-refractivity contribution in [1.29, 1.82) is 0 Å². The van der Waals surface area contributed by atoms with E-state index in [0.717, 1.165) is 22.0 Å². The molecule has 2 N–H and O–H groups in total. The number of para-hydroxylation sites is 1. The fourth-order valence-corrected chi connectivity index (χ4v) is 2.81. The zero-order valence-electron chi connectivity index (χ0n) is 11.4. The molecule has 3 rings (SSSR count). The Balaban J connectivity index is 1.75. The number of fused-ring (bicyclic) bond motifs is 1. The van der Waals surface area contributed by atoms with E-state index in [-0.39, 0.29) is 5.91 Å². The number of hydrogen-bond donors (Lipinski definition) is 2. The molecule has 2 aromatic rings. The van der Waals surface area contributed by atoms with Gasteiger partial charge in [0.15, 0.2) is 0 Å². The lowest BCUT2D eigenvalue weighted by Crippen LogP contribution is -2.17. The number of rotatable bonds is 3. The summed E-state index contributed by atoms with van der Waals surface area (Å²) in [5, 5.41) is 6.00. The van der Waals surface area contributed by atoms with E-state index in [2.05, 4.69) is 10.6 Å². The molecular weight excluding hydrogens is 284 g/mol. The van der Waals surface area contributed by atoms with Crippen LogP contribution in [0, 0.1) is 0 Å². The van der Waals surface area contributed by atoms with Crippen molar-refractivity contribution in [2.75, 3.05) is 17.7 Å². The standard InChI is InChI=1S/C16H14N2O2S/c1-20-12-8-6-11(7-9-12)17-10-15-16(19)18-13-4-2-3-5-14(13)21-15/h2-10,17H,1H3,(H,18,19)/b15-10+. The highest BCUT2D eigenvalue weighted by molar-refractivity contribution is 8.04. The van der Waals surface area contributed by atoms with Crippen LogP contribution in [0.1, 0.15) is 0 Å². The first kappa shape index (κ1) is 13.6. The summed E-state index contributed by atoms with van der Waals surface area (Å²) in [7, 11) is 1.63. The van der Waals surface area contributed by atoms with Gasteiger partial charge < -0.3 is 15.4 Å². The second-order valence-electron chi connectivity index (χ2n) is 4.43. The quantitative estimate of drug-likeness (QED) is 0.849. The van der Waals surface area contributed by atoms with E-state index in [1.54, 1.807) is 13.3 Å². The van der Waals surface area contributed by atoms with Crippen LogP contribution in [0.5, 0.6) is 5.75 Å². The Bertz CT molecular complexity index is 696. The Labute approximate surface area is 127 Å². The van der Waals surface area contributed by atoms with Crippen LogP contribution in [-0.2, 0) is 4.79 Å². The molecule has 106 valence electrons. The van der Waals surface area contributed by atoms with Gasteiger partial charge in [0.05, 0.1) is 17.7 Å². The van der Waals surface area contributed by atoms with Gasteiger partial charge in [-0.1, -0.05) is 23.9 Å². The van der Waals surface area contributed by atoms with Gasteiger partial charge in [-0.15, -0.1) is 0 Å². The number of carbonyl (C=O) groups excluding carboxylic acids is 1. The molecule has 1 amide bonds. The van der Waals surface area contributed by atoms with Crippen molar-refractivity contribution in [2.24, 2.45) is 0 Å². The van der Waals surface area contributed by atoms with E-state index in [1.165, 1.54) is 11.8 Å². The Morgan fingerprint density at radius 1 is 1.14 bits per heavy atom. The molecule has 1 heterocycles. The number of carbonyl (C=O) groups is 1. The van der Waals surface area contributed by atoms with Crippen LogP contribution in [-0.4, -0.2) is 13.0 Å². The Morgan fingerprint density at radius 3 is 2.67 bits per heavy atom. The highest BCUT2D eigenvalue weighted by Crippen LogP contribution is 2.37. The van der Waals surface area contributed by atoms with Gasteiger partial charge in [0.25, 0.3) is 5.91 Å². The summed E-state index contributed by atoms with van der Waals surface area (Å²) in [6.07, 6.45) is 1.72.